The summed E-state index contributed by atoms with van der Waals surface area (Å²) >= 11 is 0. The van der Waals surface area contributed by atoms with Gasteiger partial charge in [-0.05, 0) is 47.4 Å². The van der Waals surface area contributed by atoms with Crippen molar-refractivity contribution in [2.24, 2.45) is 0 Å². The zero-order valence-electron chi connectivity index (χ0n) is 19.9. The Kier molecular flexibility index (Phi) is 10.5. The summed E-state index contributed by atoms with van der Waals surface area (Å²) in [6.07, 6.45) is 8.36. The molecule has 4 nitrogen and oxygen atoms in total. The van der Waals surface area contributed by atoms with Gasteiger partial charge in [-0.25, -0.2) is 9.59 Å². The van der Waals surface area contributed by atoms with Gasteiger partial charge in [0.1, 0.15) is 6.61 Å². The fraction of sp³-hybridized carbons (Fsp3) is 0.0625. The second-order valence-electron chi connectivity index (χ2n) is 7.76. The lowest BCUT2D eigenvalue weighted by atomic mass is 10.0. The summed E-state index contributed by atoms with van der Waals surface area (Å²) in [4.78, 5) is 22.6. The van der Waals surface area contributed by atoms with Gasteiger partial charge in [0.2, 0.25) is 0 Å². The van der Waals surface area contributed by atoms with E-state index in [0.717, 1.165) is 16.7 Å². The molecule has 0 heterocycles. The molecular formula is C32H28O4. The molecular weight excluding hydrogens is 448 g/mol. The van der Waals surface area contributed by atoms with Gasteiger partial charge in [-0.1, -0.05) is 115 Å². The highest BCUT2D eigenvalue weighted by molar-refractivity contribution is 5.89. The highest BCUT2D eigenvalue weighted by atomic mass is 16.5. The fourth-order valence-electron chi connectivity index (χ4n) is 3.32. The number of ether oxygens (including phenoxy) is 1. The van der Waals surface area contributed by atoms with Gasteiger partial charge in [0.15, 0.2) is 0 Å². The van der Waals surface area contributed by atoms with Gasteiger partial charge < -0.3 is 9.84 Å². The first-order chi connectivity index (χ1) is 17.6. The molecule has 36 heavy (non-hydrogen) atoms. The van der Waals surface area contributed by atoms with Crippen molar-refractivity contribution in [3.05, 3.63) is 155 Å². The maximum absolute atomic E-state index is 11.6. The number of hydrogen-bond donors (Lipinski definition) is 1. The van der Waals surface area contributed by atoms with E-state index < -0.39 is 5.97 Å². The average molecular weight is 477 g/mol. The summed E-state index contributed by atoms with van der Waals surface area (Å²) in [5.74, 6) is -1.17. The molecule has 0 saturated heterocycles. The van der Waals surface area contributed by atoms with Gasteiger partial charge in [0, 0.05) is 0 Å². The van der Waals surface area contributed by atoms with Crippen LogP contribution in [0.15, 0.2) is 127 Å². The Bertz CT molecular complexity index is 1280. The summed E-state index contributed by atoms with van der Waals surface area (Å²) < 4.78 is 5.12. The highest BCUT2D eigenvalue weighted by Crippen LogP contribution is 2.11. The number of benzene rings is 4. The van der Waals surface area contributed by atoms with Gasteiger partial charge in [0.25, 0.3) is 0 Å². The van der Waals surface area contributed by atoms with Crippen molar-refractivity contribution in [1.29, 1.82) is 0 Å². The van der Waals surface area contributed by atoms with Crippen LogP contribution in [0.4, 0.5) is 0 Å². The lowest BCUT2D eigenvalue weighted by Crippen LogP contribution is -2.04. The normalized spacial score (nSPS) is 10.6. The molecule has 0 unspecified atom stereocenters. The van der Waals surface area contributed by atoms with Crippen LogP contribution in [0, 0.1) is 0 Å². The quantitative estimate of drug-likeness (QED) is 0.273. The maximum Gasteiger partial charge on any atom is 0.338 e. The van der Waals surface area contributed by atoms with Gasteiger partial charge in [-0.15, -0.1) is 0 Å². The molecule has 4 heteroatoms. The Morgan fingerprint density at radius 1 is 0.639 bits per heavy atom. The van der Waals surface area contributed by atoms with Crippen LogP contribution < -0.4 is 0 Å². The van der Waals surface area contributed by atoms with Crippen LogP contribution in [0.3, 0.4) is 0 Å². The molecule has 4 aromatic carbocycles. The highest BCUT2D eigenvalue weighted by Gasteiger charge is 2.06. The van der Waals surface area contributed by atoms with E-state index in [-0.39, 0.29) is 12.6 Å². The van der Waals surface area contributed by atoms with E-state index in [0.29, 0.717) is 17.5 Å². The molecule has 0 aliphatic heterocycles. The van der Waals surface area contributed by atoms with Crippen LogP contribution in [0.25, 0.3) is 12.2 Å². The smallest absolute Gasteiger partial charge is 0.338 e. The number of carboxylic acids is 1. The SMILES string of the molecule is O=C(O)c1ccccc1CC=Cc1ccccc1.O=C(OCC=Cc1ccccc1)c1ccccc1. The Hall–Kier alpha value is -4.70. The molecule has 0 spiro atoms. The van der Waals surface area contributed by atoms with E-state index >= 15 is 0 Å². The predicted octanol–water partition coefficient (Wildman–Crippen LogP) is 7.20. The molecule has 0 fully saturated rings. The summed E-state index contributed by atoms with van der Waals surface area (Å²) in [5, 5.41) is 9.06. The van der Waals surface area contributed by atoms with E-state index in [2.05, 4.69) is 0 Å². The first-order valence-corrected chi connectivity index (χ1v) is 11.6. The van der Waals surface area contributed by atoms with E-state index in [1.807, 2.05) is 115 Å². The molecule has 0 amide bonds. The molecule has 0 aliphatic rings. The number of rotatable bonds is 8. The van der Waals surface area contributed by atoms with Crippen molar-refractivity contribution in [2.45, 2.75) is 6.42 Å². The van der Waals surface area contributed by atoms with Gasteiger partial charge in [0.05, 0.1) is 11.1 Å². The third-order valence-corrected chi connectivity index (χ3v) is 5.13. The molecule has 4 rings (SSSR count). The lowest BCUT2D eigenvalue weighted by molar-refractivity contribution is 0.0549. The van der Waals surface area contributed by atoms with Crippen molar-refractivity contribution in [3.63, 3.8) is 0 Å². The summed E-state index contributed by atoms with van der Waals surface area (Å²) in [6, 6.07) is 35.9. The minimum Gasteiger partial charge on any atom is -0.478 e. The Balaban J connectivity index is 0.000000201. The number of carbonyl (C=O) groups is 2. The molecule has 1 N–H and O–H groups in total. The van der Waals surface area contributed by atoms with Crippen LogP contribution in [0.2, 0.25) is 0 Å². The number of carbonyl (C=O) groups excluding carboxylic acids is 1. The third kappa shape index (κ3) is 8.92. The first-order valence-electron chi connectivity index (χ1n) is 11.6. The zero-order chi connectivity index (χ0) is 25.4. The lowest BCUT2D eigenvalue weighted by Gasteiger charge is -2.02. The van der Waals surface area contributed by atoms with E-state index in [4.69, 9.17) is 9.84 Å². The Morgan fingerprint density at radius 3 is 1.72 bits per heavy atom. The minimum atomic E-state index is -0.876. The molecule has 4 aromatic rings. The summed E-state index contributed by atoms with van der Waals surface area (Å²) in [5.41, 5.74) is 3.98. The van der Waals surface area contributed by atoms with E-state index in [1.165, 1.54) is 0 Å². The van der Waals surface area contributed by atoms with Crippen LogP contribution in [-0.2, 0) is 11.2 Å². The Morgan fingerprint density at radius 2 is 1.14 bits per heavy atom. The summed E-state index contributed by atoms with van der Waals surface area (Å²) in [6.45, 7) is 0.280. The van der Waals surface area contributed by atoms with Crippen molar-refractivity contribution in [3.8, 4) is 0 Å². The minimum absolute atomic E-state index is 0.280. The number of esters is 1. The van der Waals surface area contributed by atoms with Gasteiger partial charge in [-0.2, -0.15) is 0 Å². The van der Waals surface area contributed by atoms with E-state index in [9.17, 15) is 9.59 Å². The van der Waals surface area contributed by atoms with Crippen molar-refractivity contribution < 1.29 is 19.4 Å². The topological polar surface area (TPSA) is 63.6 Å². The molecule has 0 radical (unpaired) electrons. The van der Waals surface area contributed by atoms with Gasteiger partial charge >= 0.3 is 11.9 Å². The van der Waals surface area contributed by atoms with Crippen molar-refractivity contribution >= 4 is 24.1 Å². The van der Waals surface area contributed by atoms with Crippen molar-refractivity contribution in [1.82, 2.24) is 0 Å². The largest absolute Gasteiger partial charge is 0.478 e. The van der Waals surface area contributed by atoms with Crippen LogP contribution in [-0.4, -0.2) is 23.7 Å². The number of allylic oxidation sites excluding steroid dienone is 1. The molecule has 0 saturated carbocycles. The number of carboxylic acid groups (broad SMARTS) is 1. The fourth-order valence-corrected chi connectivity index (χ4v) is 3.32. The van der Waals surface area contributed by atoms with Crippen molar-refractivity contribution in [2.75, 3.05) is 6.61 Å². The first kappa shape index (κ1) is 25.9. The second-order valence-corrected chi connectivity index (χ2v) is 7.76. The number of aromatic carboxylic acids is 1. The van der Waals surface area contributed by atoms with Gasteiger partial charge in [-0.3, -0.25) is 0 Å². The zero-order valence-corrected chi connectivity index (χ0v) is 19.9. The standard InChI is InChI=1S/2C16H14O2/c17-16(15-11-5-2-6-12-15)18-13-7-10-14-8-3-1-4-9-14;17-16(18)15-12-5-4-10-14(15)11-6-9-13-7-2-1-3-8-13/h1-12H,13H2;1-10,12H,11H2,(H,17,18). The third-order valence-electron chi connectivity index (χ3n) is 5.13. The molecule has 180 valence electrons. The van der Waals surface area contributed by atoms with Crippen LogP contribution in [0.5, 0.6) is 0 Å². The molecule has 0 bridgehead atoms. The maximum atomic E-state index is 11.6. The summed E-state index contributed by atoms with van der Waals surface area (Å²) in [7, 11) is 0. The number of hydrogen-bond acceptors (Lipinski definition) is 3. The monoisotopic (exact) mass is 476 g/mol. The molecule has 0 aromatic heterocycles. The van der Waals surface area contributed by atoms with E-state index in [1.54, 1.807) is 24.3 Å². The van der Waals surface area contributed by atoms with Crippen LogP contribution in [0.1, 0.15) is 37.4 Å². The predicted molar refractivity (Wildman–Crippen MR) is 145 cm³/mol. The molecule has 0 atom stereocenters. The Labute approximate surface area is 211 Å². The van der Waals surface area contributed by atoms with Crippen LogP contribution >= 0.6 is 0 Å². The second kappa shape index (κ2) is 14.5. The molecule has 0 aliphatic carbocycles. The average Bonchev–Trinajstić information content (AvgIpc) is 2.93.